The molecule has 0 unspecified atom stereocenters. The second-order valence-corrected chi connectivity index (χ2v) is 6.77. The number of anilines is 1. The van der Waals surface area contributed by atoms with Crippen molar-refractivity contribution in [2.24, 2.45) is 5.92 Å². The minimum absolute atomic E-state index is 0.246. The summed E-state index contributed by atoms with van der Waals surface area (Å²) in [6.07, 6.45) is 7.26. The number of aromatic nitrogens is 1. The Morgan fingerprint density at radius 2 is 2.17 bits per heavy atom. The largest absolute Gasteiger partial charge is 0.370 e. The Balaban J connectivity index is 1.35. The van der Waals surface area contributed by atoms with Gasteiger partial charge in [0.2, 0.25) is 5.91 Å². The van der Waals surface area contributed by atoms with Gasteiger partial charge < -0.3 is 15.5 Å². The summed E-state index contributed by atoms with van der Waals surface area (Å²) in [5.74, 6) is 1.66. The molecule has 1 aliphatic carbocycles. The number of rotatable bonds is 6. The quantitative estimate of drug-likeness (QED) is 0.832. The first kappa shape index (κ1) is 16.7. The molecule has 2 fully saturated rings. The van der Waals surface area contributed by atoms with Crippen LogP contribution in [0.1, 0.15) is 37.7 Å². The van der Waals surface area contributed by atoms with Crippen molar-refractivity contribution in [3.63, 3.8) is 0 Å². The lowest BCUT2D eigenvalue weighted by molar-refractivity contribution is -0.129. The van der Waals surface area contributed by atoms with E-state index in [1.165, 1.54) is 6.42 Å². The van der Waals surface area contributed by atoms with Crippen LogP contribution in [0.25, 0.3) is 0 Å². The average Bonchev–Trinajstić information content (AvgIpc) is 3.30. The van der Waals surface area contributed by atoms with Crippen molar-refractivity contribution < 1.29 is 4.79 Å². The molecule has 1 aliphatic heterocycles. The highest BCUT2D eigenvalue weighted by atomic mass is 16.2. The van der Waals surface area contributed by atoms with E-state index in [4.69, 9.17) is 5.26 Å². The van der Waals surface area contributed by atoms with Gasteiger partial charge in [0.15, 0.2) is 0 Å². The number of hydrogen-bond donors (Lipinski definition) is 2. The lowest BCUT2D eigenvalue weighted by Crippen LogP contribution is -2.39. The molecule has 0 radical (unpaired) electrons. The highest BCUT2D eigenvalue weighted by Crippen LogP contribution is 2.25. The molecule has 1 saturated carbocycles. The summed E-state index contributed by atoms with van der Waals surface area (Å²) in [5.41, 5.74) is 0.577. The Hall–Kier alpha value is -2.13. The van der Waals surface area contributed by atoms with Crippen LogP contribution in [0, 0.1) is 17.2 Å². The fraction of sp³-hybridized carbons (Fsp3) is 0.611. The molecule has 1 aromatic rings. The van der Waals surface area contributed by atoms with Gasteiger partial charge in [0, 0.05) is 31.9 Å². The maximum atomic E-state index is 12.1. The van der Waals surface area contributed by atoms with Crippen molar-refractivity contribution in [1.29, 1.82) is 5.26 Å². The Morgan fingerprint density at radius 3 is 2.88 bits per heavy atom. The minimum atomic E-state index is 0.246. The zero-order chi connectivity index (χ0) is 16.8. The molecule has 2 N–H and O–H groups in total. The van der Waals surface area contributed by atoms with E-state index in [0.717, 1.165) is 51.1 Å². The third-order valence-electron chi connectivity index (χ3n) is 5.01. The van der Waals surface area contributed by atoms with Crippen LogP contribution in [0.3, 0.4) is 0 Å². The Bertz CT molecular complexity index is 588. The van der Waals surface area contributed by atoms with E-state index in [2.05, 4.69) is 21.7 Å². The third-order valence-corrected chi connectivity index (χ3v) is 5.01. The molecule has 0 aromatic carbocycles. The van der Waals surface area contributed by atoms with Crippen molar-refractivity contribution in [1.82, 2.24) is 15.2 Å². The molecule has 0 bridgehead atoms. The molecular weight excluding hydrogens is 302 g/mol. The first-order valence-electron chi connectivity index (χ1n) is 8.86. The zero-order valence-electron chi connectivity index (χ0n) is 14.0. The van der Waals surface area contributed by atoms with Crippen LogP contribution in [0.15, 0.2) is 18.3 Å². The summed E-state index contributed by atoms with van der Waals surface area (Å²) >= 11 is 0. The van der Waals surface area contributed by atoms with Gasteiger partial charge in [-0.05, 0) is 50.2 Å². The van der Waals surface area contributed by atoms with E-state index in [1.807, 2.05) is 11.0 Å². The van der Waals surface area contributed by atoms with Gasteiger partial charge in [0.25, 0.3) is 0 Å². The number of nitrogens with zero attached hydrogens (tertiary/aromatic N) is 3. The van der Waals surface area contributed by atoms with Gasteiger partial charge in [-0.2, -0.15) is 5.26 Å². The van der Waals surface area contributed by atoms with Crippen LogP contribution >= 0.6 is 0 Å². The third kappa shape index (κ3) is 4.45. The lowest BCUT2D eigenvalue weighted by Gasteiger charge is -2.18. The summed E-state index contributed by atoms with van der Waals surface area (Å²) in [6.45, 7) is 3.21. The van der Waals surface area contributed by atoms with E-state index in [-0.39, 0.29) is 5.91 Å². The molecule has 1 aromatic heterocycles. The van der Waals surface area contributed by atoms with Gasteiger partial charge in [0.05, 0.1) is 12.1 Å². The van der Waals surface area contributed by atoms with Gasteiger partial charge in [-0.25, -0.2) is 4.98 Å². The SMILES string of the molecule is N#Cc1ccc(NC[C@H]2CC[C@@H](NCC(=O)N3CCCC3)C2)nc1. The van der Waals surface area contributed by atoms with Gasteiger partial charge in [-0.15, -0.1) is 0 Å². The van der Waals surface area contributed by atoms with Crippen LogP contribution in [0.5, 0.6) is 0 Å². The van der Waals surface area contributed by atoms with Crippen LogP contribution in [-0.2, 0) is 4.79 Å². The number of nitriles is 1. The molecular formula is C18H25N5O. The monoisotopic (exact) mass is 327 g/mol. The first-order valence-corrected chi connectivity index (χ1v) is 8.86. The predicted octanol–water partition coefficient (Wildman–Crippen LogP) is 1.75. The molecule has 1 saturated heterocycles. The molecule has 0 spiro atoms. The van der Waals surface area contributed by atoms with Crippen molar-refractivity contribution in [3.05, 3.63) is 23.9 Å². The fourth-order valence-electron chi connectivity index (χ4n) is 3.57. The van der Waals surface area contributed by atoms with Crippen LogP contribution < -0.4 is 10.6 Å². The Kier molecular flexibility index (Phi) is 5.65. The van der Waals surface area contributed by atoms with Gasteiger partial charge in [-0.3, -0.25) is 4.79 Å². The standard InChI is InChI=1S/C18H25N5O/c19-10-15-4-6-17(22-12-15)21-11-14-3-5-16(9-14)20-13-18(24)23-7-1-2-8-23/h4,6,12,14,16,20H,1-3,5,7-9,11,13H2,(H,21,22)/t14-,16+/m0/s1. The summed E-state index contributed by atoms with van der Waals surface area (Å²) in [4.78, 5) is 18.3. The van der Waals surface area contributed by atoms with Crippen molar-refractivity contribution in [2.45, 2.75) is 38.1 Å². The summed E-state index contributed by atoms with van der Waals surface area (Å²) in [7, 11) is 0. The number of amides is 1. The molecule has 2 aliphatic rings. The zero-order valence-corrected chi connectivity index (χ0v) is 14.0. The molecule has 128 valence electrons. The maximum Gasteiger partial charge on any atom is 0.236 e. The number of nitrogens with one attached hydrogen (secondary N) is 2. The van der Waals surface area contributed by atoms with Crippen molar-refractivity contribution >= 4 is 11.7 Å². The number of likely N-dealkylation sites (tertiary alicyclic amines) is 1. The molecule has 2 atom stereocenters. The smallest absolute Gasteiger partial charge is 0.236 e. The van der Waals surface area contributed by atoms with Crippen molar-refractivity contribution in [2.75, 3.05) is 31.5 Å². The predicted molar refractivity (Wildman–Crippen MR) is 92.4 cm³/mol. The topological polar surface area (TPSA) is 81.0 Å². The van der Waals surface area contributed by atoms with E-state index in [0.29, 0.717) is 24.1 Å². The molecule has 2 heterocycles. The van der Waals surface area contributed by atoms with E-state index >= 15 is 0 Å². The molecule has 24 heavy (non-hydrogen) atoms. The molecule has 6 heteroatoms. The minimum Gasteiger partial charge on any atom is -0.370 e. The van der Waals surface area contributed by atoms with Crippen LogP contribution in [0.2, 0.25) is 0 Å². The summed E-state index contributed by atoms with van der Waals surface area (Å²) < 4.78 is 0. The number of pyridine rings is 1. The van der Waals surface area contributed by atoms with E-state index in [9.17, 15) is 4.79 Å². The summed E-state index contributed by atoms with van der Waals surface area (Å²) in [5, 5.41) is 15.6. The van der Waals surface area contributed by atoms with E-state index in [1.54, 1.807) is 12.3 Å². The summed E-state index contributed by atoms with van der Waals surface area (Å²) in [6, 6.07) is 6.13. The van der Waals surface area contributed by atoms with Gasteiger partial charge in [0.1, 0.15) is 11.9 Å². The average molecular weight is 327 g/mol. The Morgan fingerprint density at radius 1 is 1.33 bits per heavy atom. The van der Waals surface area contributed by atoms with Gasteiger partial charge >= 0.3 is 0 Å². The van der Waals surface area contributed by atoms with Crippen LogP contribution in [0.4, 0.5) is 5.82 Å². The van der Waals surface area contributed by atoms with E-state index < -0.39 is 0 Å². The Labute approximate surface area is 143 Å². The number of carbonyl (C=O) groups excluding carboxylic acids is 1. The second kappa shape index (κ2) is 8.11. The molecule has 1 amide bonds. The maximum absolute atomic E-state index is 12.1. The van der Waals surface area contributed by atoms with Gasteiger partial charge in [-0.1, -0.05) is 0 Å². The number of hydrogen-bond acceptors (Lipinski definition) is 5. The lowest BCUT2D eigenvalue weighted by atomic mass is 10.1. The number of carbonyl (C=O) groups is 1. The molecule has 6 nitrogen and oxygen atoms in total. The first-order chi connectivity index (χ1) is 11.7. The fourth-order valence-corrected chi connectivity index (χ4v) is 3.57. The highest BCUT2D eigenvalue weighted by Gasteiger charge is 2.25. The normalized spacial score (nSPS) is 23.2. The molecule has 3 rings (SSSR count). The second-order valence-electron chi connectivity index (χ2n) is 6.77. The van der Waals surface area contributed by atoms with Crippen molar-refractivity contribution in [3.8, 4) is 6.07 Å². The van der Waals surface area contributed by atoms with Crippen LogP contribution in [-0.4, -0.2) is 48.0 Å². The highest BCUT2D eigenvalue weighted by molar-refractivity contribution is 5.78.